The Kier molecular flexibility index (Phi) is 3.69. The third-order valence-corrected chi connectivity index (χ3v) is 3.69. The third-order valence-electron chi connectivity index (χ3n) is 3.69. The first-order valence-electron chi connectivity index (χ1n) is 6.43. The molecule has 1 fully saturated rings. The van der Waals surface area contributed by atoms with Gasteiger partial charge in [0.2, 0.25) is 11.8 Å². The van der Waals surface area contributed by atoms with Gasteiger partial charge in [0.05, 0.1) is 17.6 Å². The van der Waals surface area contributed by atoms with Gasteiger partial charge in [0, 0.05) is 12.2 Å². The molecule has 0 atom stereocenters. The van der Waals surface area contributed by atoms with Crippen molar-refractivity contribution in [1.82, 2.24) is 10.2 Å². The molecule has 0 spiro atoms. The molecule has 21 heavy (non-hydrogen) atoms. The molecule has 1 saturated heterocycles. The van der Waals surface area contributed by atoms with Crippen LogP contribution in [0, 0.1) is 0 Å². The smallest absolute Gasteiger partial charge is 0.338 e. The van der Waals surface area contributed by atoms with Crippen molar-refractivity contribution in [3.05, 3.63) is 29.3 Å². The number of nitrogens with two attached hydrogens (primary N) is 1. The van der Waals surface area contributed by atoms with Crippen LogP contribution in [-0.4, -0.2) is 39.9 Å². The molecule has 0 bridgehead atoms. The molecule has 2 rings (SSSR count). The Bertz CT molecular complexity index is 625. The minimum Gasteiger partial charge on any atom is -0.478 e. The van der Waals surface area contributed by atoms with E-state index in [2.05, 4.69) is 5.32 Å². The number of nitrogens with one attached hydrogen (secondary N) is 1. The Morgan fingerprint density at radius 3 is 2.71 bits per heavy atom. The van der Waals surface area contributed by atoms with E-state index < -0.39 is 23.3 Å². The number of anilines is 1. The summed E-state index contributed by atoms with van der Waals surface area (Å²) in [5.41, 5.74) is 5.43. The second-order valence-electron chi connectivity index (χ2n) is 5.48. The summed E-state index contributed by atoms with van der Waals surface area (Å²) in [4.78, 5) is 36.4. The van der Waals surface area contributed by atoms with Crippen molar-refractivity contribution in [2.75, 3.05) is 12.3 Å². The van der Waals surface area contributed by atoms with E-state index in [-0.39, 0.29) is 24.3 Å². The van der Waals surface area contributed by atoms with E-state index in [0.29, 0.717) is 5.56 Å². The number of imide groups is 1. The summed E-state index contributed by atoms with van der Waals surface area (Å²) < 4.78 is 0. The number of rotatable bonds is 3. The van der Waals surface area contributed by atoms with Crippen molar-refractivity contribution in [2.24, 2.45) is 0 Å². The molecular weight excluding hydrogens is 274 g/mol. The lowest BCUT2D eigenvalue weighted by Gasteiger charge is -2.40. The Balaban J connectivity index is 2.37. The van der Waals surface area contributed by atoms with Crippen LogP contribution in [0.5, 0.6) is 0 Å². The number of hydrogen-bond acceptors (Lipinski definition) is 5. The molecule has 1 aromatic rings. The molecule has 0 saturated carbocycles. The number of carbonyl (C=O) groups is 3. The standard InChI is InChI=1S/C14H17N3O4/c1-14(2)13(21)16-10(18)7-17(14)6-8-4-3-5-9(15)11(8)12(19)20/h3-5H,6-7,15H2,1-2H3,(H,19,20)(H,16,18,21). The first-order chi connectivity index (χ1) is 9.73. The molecule has 0 aromatic heterocycles. The minimum atomic E-state index is -1.13. The summed E-state index contributed by atoms with van der Waals surface area (Å²) in [6, 6.07) is 4.79. The Morgan fingerprint density at radius 1 is 1.43 bits per heavy atom. The maximum Gasteiger partial charge on any atom is 0.338 e. The SMILES string of the molecule is CC1(C)C(=O)NC(=O)CN1Cc1cccc(N)c1C(=O)O. The number of carboxylic acids is 1. The molecule has 0 radical (unpaired) electrons. The van der Waals surface area contributed by atoms with Gasteiger partial charge in [-0.05, 0) is 25.5 Å². The maximum absolute atomic E-state index is 11.9. The van der Waals surface area contributed by atoms with Gasteiger partial charge in [-0.3, -0.25) is 19.8 Å². The van der Waals surface area contributed by atoms with Crippen LogP contribution in [0.25, 0.3) is 0 Å². The normalized spacial score (nSPS) is 18.4. The van der Waals surface area contributed by atoms with E-state index >= 15 is 0 Å². The number of amides is 2. The lowest BCUT2D eigenvalue weighted by molar-refractivity contribution is -0.145. The summed E-state index contributed by atoms with van der Waals surface area (Å²) in [5, 5.41) is 11.5. The van der Waals surface area contributed by atoms with Gasteiger partial charge in [0.15, 0.2) is 0 Å². The summed E-state index contributed by atoms with van der Waals surface area (Å²) in [6.45, 7) is 3.54. The highest BCUT2D eigenvalue weighted by Crippen LogP contribution is 2.24. The number of carboxylic acid groups (broad SMARTS) is 1. The van der Waals surface area contributed by atoms with Gasteiger partial charge < -0.3 is 10.8 Å². The van der Waals surface area contributed by atoms with Gasteiger partial charge in [-0.1, -0.05) is 12.1 Å². The van der Waals surface area contributed by atoms with Crippen LogP contribution in [0.15, 0.2) is 18.2 Å². The Morgan fingerprint density at radius 2 is 2.10 bits per heavy atom. The van der Waals surface area contributed by atoms with Crippen molar-refractivity contribution in [3.8, 4) is 0 Å². The van der Waals surface area contributed by atoms with E-state index in [1.165, 1.54) is 6.07 Å². The highest BCUT2D eigenvalue weighted by atomic mass is 16.4. The van der Waals surface area contributed by atoms with E-state index in [0.717, 1.165) is 0 Å². The van der Waals surface area contributed by atoms with Crippen molar-refractivity contribution >= 4 is 23.5 Å². The molecule has 7 heteroatoms. The molecule has 2 amide bonds. The highest BCUT2D eigenvalue weighted by Gasteiger charge is 2.41. The molecule has 0 aliphatic carbocycles. The topological polar surface area (TPSA) is 113 Å². The minimum absolute atomic E-state index is 0.00623. The van der Waals surface area contributed by atoms with Gasteiger partial charge in [-0.15, -0.1) is 0 Å². The summed E-state index contributed by atoms with van der Waals surface area (Å²) in [7, 11) is 0. The van der Waals surface area contributed by atoms with Crippen LogP contribution >= 0.6 is 0 Å². The van der Waals surface area contributed by atoms with Crippen LogP contribution in [-0.2, 0) is 16.1 Å². The van der Waals surface area contributed by atoms with Gasteiger partial charge in [-0.25, -0.2) is 4.79 Å². The number of piperazine rings is 1. The van der Waals surface area contributed by atoms with E-state index in [4.69, 9.17) is 5.73 Å². The molecule has 112 valence electrons. The van der Waals surface area contributed by atoms with Gasteiger partial charge in [0.1, 0.15) is 0 Å². The van der Waals surface area contributed by atoms with Crippen molar-refractivity contribution < 1.29 is 19.5 Å². The molecule has 4 N–H and O–H groups in total. The largest absolute Gasteiger partial charge is 0.478 e. The quantitative estimate of drug-likeness (QED) is 0.542. The second kappa shape index (κ2) is 5.17. The van der Waals surface area contributed by atoms with Crippen LogP contribution in [0.2, 0.25) is 0 Å². The predicted octanol–water partition coefficient (Wildman–Crippen LogP) is 0.204. The van der Waals surface area contributed by atoms with Crippen molar-refractivity contribution in [3.63, 3.8) is 0 Å². The predicted molar refractivity (Wildman–Crippen MR) is 75.5 cm³/mol. The second-order valence-corrected chi connectivity index (χ2v) is 5.48. The molecule has 1 aliphatic rings. The number of nitrogens with zero attached hydrogens (tertiary/aromatic N) is 1. The van der Waals surface area contributed by atoms with Crippen LogP contribution in [0.1, 0.15) is 29.8 Å². The summed E-state index contributed by atoms with van der Waals surface area (Å²) in [6.07, 6.45) is 0. The van der Waals surface area contributed by atoms with Crippen LogP contribution < -0.4 is 11.1 Å². The monoisotopic (exact) mass is 291 g/mol. The fourth-order valence-corrected chi connectivity index (χ4v) is 2.31. The lowest BCUT2D eigenvalue weighted by Crippen LogP contribution is -2.63. The first kappa shape index (κ1) is 15.0. The Labute approximate surface area is 121 Å². The van der Waals surface area contributed by atoms with Crippen LogP contribution in [0.4, 0.5) is 5.69 Å². The average molecular weight is 291 g/mol. The fraction of sp³-hybridized carbons (Fsp3) is 0.357. The molecular formula is C14H17N3O4. The maximum atomic E-state index is 11.9. The number of aromatic carboxylic acids is 1. The fourth-order valence-electron chi connectivity index (χ4n) is 2.31. The van der Waals surface area contributed by atoms with Crippen LogP contribution in [0.3, 0.4) is 0 Å². The zero-order chi connectivity index (χ0) is 15.8. The van der Waals surface area contributed by atoms with Crippen molar-refractivity contribution in [2.45, 2.75) is 25.9 Å². The molecule has 0 unspecified atom stereocenters. The molecule has 1 aromatic carbocycles. The third kappa shape index (κ3) is 2.73. The first-order valence-corrected chi connectivity index (χ1v) is 6.43. The molecule has 7 nitrogen and oxygen atoms in total. The van der Waals surface area contributed by atoms with E-state index in [1.807, 2.05) is 0 Å². The zero-order valence-corrected chi connectivity index (χ0v) is 11.8. The van der Waals surface area contributed by atoms with Gasteiger partial charge in [-0.2, -0.15) is 0 Å². The summed E-state index contributed by atoms with van der Waals surface area (Å²) >= 11 is 0. The van der Waals surface area contributed by atoms with E-state index in [9.17, 15) is 19.5 Å². The summed E-state index contributed by atoms with van der Waals surface area (Å²) in [5.74, 6) is -1.94. The Hall–Kier alpha value is -2.41. The number of nitrogen functional groups attached to an aromatic ring is 1. The zero-order valence-electron chi connectivity index (χ0n) is 11.8. The average Bonchev–Trinajstić information content (AvgIpc) is 2.35. The van der Waals surface area contributed by atoms with Gasteiger partial charge in [0.25, 0.3) is 0 Å². The molecule has 1 heterocycles. The highest BCUT2D eigenvalue weighted by molar-refractivity contribution is 6.03. The number of benzene rings is 1. The van der Waals surface area contributed by atoms with E-state index in [1.54, 1.807) is 30.9 Å². The molecule has 1 aliphatic heterocycles. The van der Waals surface area contributed by atoms with Gasteiger partial charge >= 0.3 is 5.97 Å². The number of hydrogen-bond donors (Lipinski definition) is 3. The van der Waals surface area contributed by atoms with Crippen molar-refractivity contribution in [1.29, 1.82) is 0 Å². The number of carbonyl (C=O) groups excluding carboxylic acids is 2. The lowest BCUT2D eigenvalue weighted by atomic mass is 9.96.